The van der Waals surface area contributed by atoms with Crippen LogP contribution in [0.15, 0.2) is 53.6 Å². The molecule has 2 aromatic rings. The molecule has 5 heteroatoms. The number of hydrazone groups is 1. The average molecular weight is 410 g/mol. The minimum absolute atomic E-state index is 0.0753. The Hall–Kier alpha value is -2.82. The Bertz CT molecular complexity index is 800. The van der Waals surface area contributed by atoms with Crippen LogP contribution < -0.4 is 15.1 Å². The number of carbonyl (C=O) groups is 1. The highest BCUT2D eigenvalue weighted by Crippen LogP contribution is 2.24. The molecule has 2 rings (SSSR count). The summed E-state index contributed by atoms with van der Waals surface area (Å²) in [5.41, 5.74) is 5.97. The number of benzene rings is 2. The molecule has 0 aliphatic rings. The number of anilines is 1. The fourth-order valence-electron chi connectivity index (χ4n) is 3.09. The molecule has 0 unspecified atom stereocenters. The molecule has 5 nitrogen and oxygen atoms in total. The SMILES string of the molecule is CCCN(CCC)c1ccc(C=NNC(=O)COc2ccc(C(C)(C)C)cc2)cc1. The van der Waals surface area contributed by atoms with Gasteiger partial charge in [0.25, 0.3) is 5.91 Å². The Morgan fingerprint density at radius 3 is 2.13 bits per heavy atom. The molecule has 2 aromatic carbocycles. The molecule has 0 atom stereocenters. The third-order valence-electron chi connectivity index (χ3n) is 4.74. The van der Waals surface area contributed by atoms with Crippen molar-refractivity contribution < 1.29 is 9.53 Å². The predicted octanol–water partition coefficient (Wildman–Crippen LogP) is 5.14. The molecule has 0 heterocycles. The molecule has 0 saturated carbocycles. The highest BCUT2D eigenvalue weighted by molar-refractivity contribution is 5.83. The Morgan fingerprint density at radius 2 is 1.60 bits per heavy atom. The van der Waals surface area contributed by atoms with E-state index in [4.69, 9.17) is 4.74 Å². The average Bonchev–Trinajstić information content (AvgIpc) is 2.72. The van der Waals surface area contributed by atoms with Gasteiger partial charge in [0.2, 0.25) is 0 Å². The lowest BCUT2D eigenvalue weighted by molar-refractivity contribution is -0.123. The number of nitrogens with one attached hydrogen (secondary N) is 1. The number of amides is 1. The summed E-state index contributed by atoms with van der Waals surface area (Å²) < 4.78 is 5.53. The molecule has 0 bridgehead atoms. The Kier molecular flexibility index (Phi) is 8.90. The first kappa shape index (κ1) is 23.5. The van der Waals surface area contributed by atoms with Crippen molar-refractivity contribution in [2.75, 3.05) is 24.6 Å². The number of hydrogen-bond acceptors (Lipinski definition) is 4. The van der Waals surface area contributed by atoms with Gasteiger partial charge in [0.05, 0.1) is 6.21 Å². The van der Waals surface area contributed by atoms with E-state index >= 15 is 0 Å². The summed E-state index contributed by atoms with van der Waals surface area (Å²) in [6, 6.07) is 16.0. The van der Waals surface area contributed by atoms with Crippen molar-refractivity contribution in [1.29, 1.82) is 0 Å². The zero-order valence-corrected chi connectivity index (χ0v) is 18.9. The maximum atomic E-state index is 12.0. The number of nitrogens with zero attached hydrogens (tertiary/aromatic N) is 2. The highest BCUT2D eigenvalue weighted by atomic mass is 16.5. The first-order valence-electron chi connectivity index (χ1n) is 10.7. The second kappa shape index (κ2) is 11.4. The molecule has 0 saturated heterocycles. The molecule has 1 N–H and O–H groups in total. The second-order valence-electron chi connectivity index (χ2n) is 8.43. The van der Waals surface area contributed by atoms with Crippen molar-refractivity contribution in [3.8, 4) is 5.75 Å². The molecule has 1 amide bonds. The first-order valence-corrected chi connectivity index (χ1v) is 10.7. The van der Waals surface area contributed by atoms with Crippen molar-refractivity contribution in [3.05, 3.63) is 59.7 Å². The fraction of sp³-hybridized carbons (Fsp3) is 0.440. The highest BCUT2D eigenvalue weighted by Gasteiger charge is 2.13. The van der Waals surface area contributed by atoms with Crippen LogP contribution in [-0.2, 0) is 10.2 Å². The van der Waals surface area contributed by atoms with E-state index in [0.717, 1.165) is 31.5 Å². The summed E-state index contributed by atoms with van der Waals surface area (Å²) in [6.45, 7) is 12.9. The summed E-state index contributed by atoms with van der Waals surface area (Å²) in [6.07, 6.45) is 3.89. The van der Waals surface area contributed by atoms with Gasteiger partial charge in [0.1, 0.15) is 5.75 Å². The minimum atomic E-state index is -0.292. The van der Waals surface area contributed by atoms with Gasteiger partial charge in [0, 0.05) is 18.8 Å². The smallest absolute Gasteiger partial charge is 0.277 e. The van der Waals surface area contributed by atoms with E-state index < -0.39 is 0 Å². The van der Waals surface area contributed by atoms with E-state index in [1.54, 1.807) is 6.21 Å². The van der Waals surface area contributed by atoms with Crippen molar-refractivity contribution >= 4 is 17.8 Å². The van der Waals surface area contributed by atoms with E-state index in [1.807, 2.05) is 36.4 Å². The lowest BCUT2D eigenvalue weighted by Gasteiger charge is -2.23. The maximum absolute atomic E-state index is 12.0. The van der Waals surface area contributed by atoms with Crippen LogP contribution in [0.2, 0.25) is 0 Å². The predicted molar refractivity (Wildman–Crippen MR) is 126 cm³/mol. The van der Waals surface area contributed by atoms with Gasteiger partial charge in [-0.05, 0) is 53.6 Å². The topological polar surface area (TPSA) is 53.9 Å². The summed E-state index contributed by atoms with van der Waals surface area (Å²) in [7, 11) is 0. The summed E-state index contributed by atoms with van der Waals surface area (Å²) >= 11 is 0. The third-order valence-corrected chi connectivity index (χ3v) is 4.74. The molecule has 30 heavy (non-hydrogen) atoms. The van der Waals surface area contributed by atoms with Crippen molar-refractivity contribution in [1.82, 2.24) is 5.43 Å². The van der Waals surface area contributed by atoms with E-state index in [1.165, 1.54) is 11.3 Å². The van der Waals surface area contributed by atoms with Gasteiger partial charge in [-0.25, -0.2) is 5.43 Å². The zero-order valence-electron chi connectivity index (χ0n) is 18.9. The lowest BCUT2D eigenvalue weighted by Crippen LogP contribution is -2.25. The van der Waals surface area contributed by atoms with Gasteiger partial charge in [-0.15, -0.1) is 0 Å². The molecule has 0 radical (unpaired) electrons. The van der Waals surface area contributed by atoms with Crippen LogP contribution in [0.1, 0.15) is 58.6 Å². The summed E-state index contributed by atoms with van der Waals surface area (Å²) in [5.74, 6) is 0.376. The second-order valence-corrected chi connectivity index (χ2v) is 8.43. The molecule has 162 valence electrons. The van der Waals surface area contributed by atoms with Gasteiger partial charge < -0.3 is 9.64 Å². The molecular formula is C25H35N3O2. The van der Waals surface area contributed by atoms with E-state index in [2.05, 4.69) is 62.2 Å². The van der Waals surface area contributed by atoms with Crippen molar-refractivity contribution in [2.45, 2.75) is 52.9 Å². The fourth-order valence-corrected chi connectivity index (χ4v) is 3.09. The standard InChI is InChI=1S/C25H35N3O2/c1-6-16-28(17-7-2)22-12-8-20(9-13-22)18-26-27-24(29)19-30-23-14-10-21(11-15-23)25(3,4)5/h8-15,18H,6-7,16-17,19H2,1-5H3,(H,27,29). The molecule has 0 aliphatic carbocycles. The van der Waals surface area contributed by atoms with E-state index in [9.17, 15) is 4.79 Å². The van der Waals surface area contributed by atoms with Crippen LogP contribution in [0.3, 0.4) is 0 Å². The number of carbonyl (C=O) groups excluding carboxylic acids is 1. The van der Waals surface area contributed by atoms with Gasteiger partial charge in [-0.2, -0.15) is 5.10 Å². The normalized spacial score (nSPS) is 11.5. The zero-order chi connectivity index (χ0) is 22.0. The molecular weight excluding hydrogens is 374 g/mol. The van der Waals surface area contributed by atoms with Crippen LogP contribution in [0, 0.1) is 0 Å². The monoisotopic (exact) mass is 409 g/mol. The Labute approximate surface area is 181 Å². The Morgan fingerprint density at radius 1 is 1.00 bits per heavy atom. The van der Waals surface area contributed by atoms with Crippen LogP contribution in [0.5, 0.6) is 5.75 Å². The van der Waals surface area contributed by atoms with Gasteiger partial charge in [0.15, 0.2) is 6.61 Å². The van der Waals surface area contributed by atoms with Crippen LogP contribution >= 0.6 is 0 Å². The molecule has 0 aliphatic heterocycles. The number of hydrogen-bond donors (Lipinski definition) is 1. The number of ether oxygens (including phenoxy) is 1. The summed E-state index contributed by atoms with van der Waals surface area (Å²) in [5, 5.41) is 4.03. The molecule has 0 aromatic heterocycles. The van der Waals surface area contributed by atoms with Crippen LogP contribution in [0.4, 0.5) is 5.69 Å². The maximum Gasteiger partial charge on any atom is 0.277 e. The van der Waals surface area contributed by atoms with Gasteiger partial charge in [-0.3, -0.25) is 4.79 Å². The van der Waals surface area contributed by atoms with Gasteiger partial charge >= 0.3 is 0 Å². The third kappa shape index (κ3) is 7.54. The number of rotatable bonds is 10. The first-order chi connectivity index (χ1) is 14.3. The van der Waals surface area contributed by atoms with E-state index in [-0.39, 0.29) is 17.9 Å². The summed E-state index contributed by atoms with van der Waals surface area (Å²) in [4.78, 5) is 14.3. The Balaban J connectivity index is 1.81. The van der Waals surface area contributed by atoms with Crippen LogP contribution in [-0.4, -0.2) is 31.8 Å². The minimum Gasteiger partial charge on any atom is -0.484 e. The van der Waals surface area contributed by atoms with Gasteiger partial charge in [-0.1, -0.05) is 58.9 Å². The molecule has 0 spiro atoms. The quantitative estimate of drug-likeness (QED) is 0.437. The molecule has 0 fully saturated rings. The van der Waals surface area contributed by atoms with Crippen LogP contribution in [0.25, 0.3) is 0 Å². The van der Waals surface area contributed by atoms with Crippen molar-refractivity contribution in [2.24, 2.45) is 5.10 Å². The lowest BCUT2D eigenvalue weighted by atomic mass is 9.87. The van der Waals surface area contributed by atoms with E-state index in [0.29, 0.717) is 5.75 Å². The largest absolute Gasteiger partial charge is 0.484 e. The van der Waals surface area contributed by atoms with Crippen molar-refractivity contribution in [3.63, 3.8) is 0 Å².